The molecule has 2 heterocycles. The van der Waals surface area contributed by atoms with Gasteiger partial charge in [-0.25, -0.2) is 13.4 Å². The minimum absolute atomic E-state index is 0.0826. The molecule has 1 atom stereocenters. The maximum absolute atomic E-state index is 12.7. The van der Waals surface area contributed by atoms with Crippen LogP contribution in [-0.4, -0.2) is 57.6 Å². The van der Waals surface area contributed by atoms with Crippen LogP contribution in [0.5, 0.6) is 0 Å². The molecule has 27 heavy (non-hydrogen) atoms. The van der Waals surface area contributed by atoms with Crippen molar-refractivity contribution >= 4 is 15.9 Å². The lowest BCUT2D eigenvalue weighted by Gasteiger charge is -2.26. The van der Waals surface area contributed by atoms with Crippen molar-refractivity contribution in [2.45, 2.75) is 17.4 Å². The van der Waals surface area contributed by atoms with E-state index in [9.17, 15) is 8.42 Å². The molecule has 1 saturated heterocycles. The molecule has 1 unspecified atom stereocenters. The zero-order chi connectivity index (χ0) is 18.7. The van der Waals surface area contributed by atoms with Crippen molar-refractivity contribution in [2.75, 3.05) is 32.9 Å². The normalized spacial score (nSPS) is 20.9. The lowest BCUT2D eigenvalue weighted by Crippen LogP contribution is -2.40. The first-order chi connectivity index (χ1) is 13.1. The number of ether oxygens (including phenoxy) is 2. The second-order valence-corrected chi connectivity index (χ2v) is 8.57. The lowest BCUT2D eigenvalue weighted by molar-refractivity contribution is 0.0730. The minimum Gasteiger partial charge on any atom is -0.475 e. The maximum atomic E-state index is 12.7. The number of benzene rings is 2. The number of hydrogen-bond donors (Lipinski definition) is 0. The van der Waals surface area contributed by atoms with Crippen LogP contribution in [0.1, 0.15) is 11.1 Å². The highest BCUT2D eigenvalue weighted by Gasteiger charge is 2.27. The topological polar surface area (TPSA) is 68.2 Å². The Balaban J connectivity index is 1.47. The SMILES string of the molecule is O=S(=O)(c1ccc(C2=NC(Cc3ccccc3)CO2)cc1)N1CCOCC1. The highest BCUT2D eigenvalue weighted by atomic mass is 32.2. The number of hydrogen-bond acceptors (Lipinski definition) is 5. The van der Waals surface area contributed by atoms with Crippen molar-refractivity contribution in [2.24, 2.45) is 4.99 Å². The fourth-order valence-corrected chi connectivity index (χ4v) is 4.68. The summed E-state index contributed by atoms with van der Waals surface area (Å²) < 4.78 is 37.8. The van der Waals surface area contributed by atoms with Crippen molar-refractivity contribution in [3.63, 3.8) is 0 Å². The molecule has 142 valence electrons. The van der Waals surface area contributed by atoms with Crippen LogP contribution in [0.4, 0.5) is 0 Å². The Morgan fingerprint density at radius 2 is 1.70 bits per heavy atom. The van der Waals surface area contributed by atoms with Crippen LogP contribution in [0.3, 0.4) is 0 Å². The molecule has 0 spiro atoms. The summed E-state index contributed by atoms with van der Waals surface area (Å²) in [6, 6.07) is 17.0. The number of morpholine rings is 1. The van der Waals surface area contributed by atoms with Gasteiger partial charge in [-0.05, 0) is 36.2 Å². The number of nitrogens with zero attached hydrogens (tertiary/aromatic N) is 2. The molecule has 0 aromatic heterocycles. The fraction of sp³-hybridized carbons (Fsp3) is 0.350. The Bertz CT molecular complexity index is 905. The van der Waals surface area contributed by atoms with Crippen molar-refractivity contribution in [3.8, 4) is 0 Å². The van der Waals surface area contributed by atoms with Gasteiger partial charge in [0.15, 0.2) is 0 Å². The zero-order valence-electron chi connectivity index (χ0n) is 15.0. The first-order valence-corrected chi connectivity index (χ1v) is 10.5. The molecular formula is C20H22N2O4S. The number of aliphatic imine (C=N–C) groups is 1. The molecule has 0 radical (unpaired) electrons. The van der Waals surface area contributed by atoms with Gasteiger partial charge in [-0.1, -0.05) is 30.3 Å². The van der Waals surface area contributed by atoms with E-state index in [1.165, 1.54) is 9.87 Å². The van der Waals surface area contributed by atoms with E-state index in [0.717, 1.165) is 12.0 Å². The van der Waals surface area contributed by atoms with E-state index in [4.69, 9.17) is 9.47 Å². The smallest absolute Gasteiger partial charge is 0.243 e. The van der Waals surface area contributed by atoms with Crippen LogP contribution < -0.4 is 0 Å². The molecule has 0 bridgehead atoms. The summed E-state index contributed by atoms with van der Waals surface area (Å²) in [5, 5.41) is 0. The summed E-state index contributed by atoms with van der Waals surface area (Å²) in [6.45, 7) is 2.19. The predicted octanol–water partition coefficient (Wildman–Crippen LogP) is 2.10. The Kier molecular flexibility index (Phi) is 5.24. The molecule has 0 amide bonds. The Hall–Kier alpha value is -2.22. The molecule has 2 aromatic carbocycles. The average Bonchev–Trinajstić information content (AvgIpc) is 3.18. The summed E-state index contributed by atoms with van der Waals surface area (Å²) in [7, 11) is -3.48. The molecule has 6 nitrogen and oxygen atoms in total. The number of sulfonamides is 1. The van der Waals surface area contributed by atoms with Crippen molar-refractivity contribution < 1.29 is 17.9 Å². The zero-order valence-corrected chi connectivity index (χ0v) is 15.8. The Morgan fingerprint density at radius 1 is 1.00 bits per heavy atom. The van der Waals surface area contributed by atoms with Crippen LogP contribution in [0.2, 0.25) is 0 Å². The highest BCUT2D eigenvalue weighted by Crippen LogP contribution is 2.20. The summed E-state index contributed by atoms with van der Waals surface area (Å²) in [5.41, 5.74) is 2.02. The Morgan fingerprint density at radius 3 is 2.41 bits per heavy atom. The summed E-state index contributed by atoms with van der Waals surface area (Å²) in [5.74, 6) is 0.575. The van der Waals surface area contributed by atoms with Gasteiger partial charge in [-0.2, -0.15) is 4.31 Å². The average molecular weight is 386 g/mol. The fourth-order valence-electron chi connectivity index (χ4n) is 3.27. The van der Waals surface area contributed by atoms with Crippen LogP contribution >= 0.6 is 0 Å². The molecule has 0 aliphatic carbocycles. The van der Waals surface area contributed by atoms with E-state index in [2.05, 4.69) is 17.1 Å². The third kappa shape index (κ3) is 4.05. The third-order valence-electron chi connectivity index (χ3n) is 4.74. The summed E-state index contributed by atoms with van der Waals surface area (Å²) >= 11 is 0. The second kappa shape index (κ2) is 7.80. The minimum atomic E-state index is -3.48. The second-order valence-electron chi connectivity index (χ2n) is 6.63. The predicted molar refractivity (Wildman–Crippen MR) is 102 cm³/mol. The van der Waals surface area contributed by atoms with Crippen LogP contribution in [0.25, 0.3) is 0 Å². The van der Waals surface area contributed by atoms with E-state index < -0.39 is 10.0 Å². The first kappa shape index (κ1) is 18.2. The summed E-state index contributed by atoms with van der Waals surface area (Å²) in [6.07, 6.45) is 0.827. The van der Waals surface area contributed by atoms with Crippen LogP contribution in [0, 0.1) is 0 Å². The van der Waals surface area contributed by atoms with Gasteiger partial charge in [0.25, 0.3) is 0 Å². The molecule has 0 saturated carbocycles. The molecule has 2 aliphatic rings. The van der Waals surface area contributed by atoms with Gasteiger partial charge in [0.1, 0.15) is 6.61 Å². The first-order valence-electron chi connectivity index (χ1n) is 9.06. The van der Waals surface area contributed by atoms with E-state index in [0.29, 0.717) is 38.8 Å². The van der Waals surface area contributed by atoms with Gasteiger partial charge in [0.05, 0.1) is 24.2 Å². The van der Waals surface area contributed by atoms with E-state index in [1.54, 1.807) is 24.3 Å². The monoisotopic (exact) mass is 386 g/mol. The number of rotatable bonds is 5. The van der Waals surface area contributed by atoms with Gasteiger partial charge in [0, 0.05) is 18.7 Å². The van der Waals surface area contributed by atoms with Crippen molar-refractivity contribution in [3.05, 3.63) is 65.7 Å². The van der Waals surface area contributed by atoms with E-state index in [1.807, 2.05) is 18.2 Å². The highest BCUT2D eigenvalue weighted by molar-refractivity contribution is 7.89. The van der Waals surface area contributed by atoms with Gasteiger partial charge in [0.2, 0.25) is 15.9 Å². The van der Waals surface area contributed by atoms with E-state index in [-0.39, 0.29) is 10.9 Å². The largest absolute Gasteiger partial charge is 0.475 e. The van der Waals surface area contributed by atoms with Gasteiger partial charge in [-0.3, -0.25) is 0 Å². The van der Waals surface area contributed by atoms with Crippen LogP contribution in [-0.2, 0) is 25.9 Å². The Labute approximate surface area is 159 Å². The quantitative estimate of drug-likeness (QED) is 0.789. The molecular weight excluding hydrogens is 364 g/mol. The van der Waals surface area contributed by atoms with E-state index >= 15 is 0 Å². The molecule has 0 N–H and O–H groups in total. The lowest BCUT2D eigenvalue weighted by atomic mass is 10.1. The standard InChI is InChI=1S/C20H22N2O4S/c23-27(24,22-10-12-25-13-11-22)19-8-6-17(7-9-19)20-21-18(15-26-20)14-16-4-2-1-3-5-16/h1-9,18H,10-15H2. The van der Waals surface area contributed by atoms with Crippen molar-refractivity contribution in [1.82, 2.24) is 4.31 Å². The third-order valence-corrected chi connectivity index (χ3v) is 6.65. The summed E-state index contributed by atoms with van der Waals surface area (Å²) in [4.78, 5) is 4.94. The van der Waals surface area contributed by atoms with Gasteiger partial charge in [-0.15, -0.1) is 0 Å². The molecule has 7 heteroatoms. The maximum Gasteiger partial charge on any atom is 0.243 e. The molecule has 4 rings (SSSR count). The molecule has 2 aromatic rings. The molecule has 1 fully saturated rings. The van der Waals surface area contributed by atoms with Crippen LogP contribution in [0.15, 0.2) is 64.5 Å². The van der Waals surface area contributed by atoms with Gasteiger partial charge < -0.3 is 9.47 Å². The molecule has 2 aliphatic heterocycles. The van der Waals surface area contributed by atoms with Crippen molar-refractivity contribution in [1.29, 1.82) is 0 Å². The van der Waals surface area contributed by atoms with Gasteiger partial charge >= 0.3 is 0 Å².